The minimum absolute atomic E-state index is 0.115. The maximum Gasteiger partial charge on any atom is 0.0958 e. The van der Waals surface area contributed by atoms with Crippen LogP contribution in [0.2, 0.25) is 0 Å². The molecule has 0 bridgehead atoms. The minimum atomic E-state index is -0.910. The molecule has 0 spiro atoms. The van der Waals surface area contributed by atoms with E-state index in [0.29, 0.717) is 23.2 Å². The van der Waals surface area contributed by atoms with Crippen molar-refractivity contribution in [3.8, 4) is 0 Å². The van der Waals surface area contributed by atoms with E-state index >= 15 is 0 Å². The molecule has 4 fully saturated rings. The zero-order chi connectivity index (χ0) is 18.3. The van der Waals surface area contributed by atoms with E-state index in [2.05, 4.69) is 20.8 Å². The van der Waals surface area contributed by atoms with Crippen molar-refractivity contribution in [1.29, 1.82) is 0 Å². The van der Waals surface area contributed by atoms with Crippen LogP contribution >= 0.6 is 0 Å². The van der Waals surface area contributed by atoms with Crippen LogP contribution in [0.5, 0.6) is 0 Å². The molecule has 9 atom stereocenters. The van der Waals surface area contributed by atoms with Crippen molar-refractivity contribution >= 4 is 0 Å². The summed E-state index contributed by atoms with van der Waals surface area (Å²) in [6.07, 6.45) is 8.78. The van der Waals surface area contributed by atoms with Gasteiger partial charge in [0.05, 0.1) is 17.8 Å². The van der Waals surface area contributed by atoms with Gasteiger partial charge in [-0.1, -0.05) is 20.8 Å². The van der Waals surface area contributed by atoms with Crippen LogP contribution in [0.3, 0.4) is 0 Å². The summed E-state index contributed by atoms with van der Waals surface area (Å²) in [5, 5.41) is 31.9. The van der Waals surface area contributed by atoms with E-state index in [-0.39, 0.29) is 16.9 Å². The number of fused-ring (bicyclic) bond motifs is 5. The molecule has 0 heterocycles. The lowest BCUT2D eigenvalue weighted by Gasteiger charge is -2.65. The zero-order valence-corrected chi connectivity index (χ0v) is 16.6. The summed E-state index contributed by atoms with van der Waals surface area (Å²) < 4.78 is 0. The summed E-state index contributed by atoms with van der Waals surface area (Å²) >= 11 is 0. The fraction of sp³-hybridized carbons (Fsp3) is 1.00. The monoisotopic (exact) mass is 350 g/mol. The summed E-state index contributed by atoms with van der Waals surface area (Å²) in [7, 11) is 0. The van der Waals surface area contributed by atoms with E-state index in [9.17, 15) is 15.3 Å². The van der Waals surface area contributed by atoms with Gasteiger partial charge >= 0.3 is 0 Å². The van der Waals surface area contributed by atoms with Crippen LogP contribution in [-0.2, 0) is 0 Å². The van der Waals surface area contributed by atoms with E-state index in [0.717, 1.165) is 38.5 Å². The number of aliphatic hydroxyl groups excluding tert-OH is 2. The average Bonchev–Trinajstić information content (AvgIpc) is 2.82. The van der Waals surface area contributed by atoms with E-state index in [1.807, 2.05) is 0 Å². The molecule has 0 aliphatic heterocycles. The van der Waals surface area contributed by atoms with Gasteiger partial charge in [0.2, 0.25) is 0 Å². The predicted molar refractivity (Wildman–Crippen MR) is 99.0 cm³/mol. The highest BCUT2D eigenvalue weighted by Crippen LogP contribution is 2.71. The first-order valence-electron chi connectivity index (χ1n) is 10.7. The molecule has 3 N–H and O–H groups in total. The van der Waals surface area contributed by atoms with Crippen molar-refractivity contribution in [3.63, 3.8) is 0 Å². The third-order valence-corrected chi connectivity index (χ3v) is 10.3. The molecule has 0 amide bonds. The van der Waals surface area contributed by atoms with Gasteiger partial charge in [0, 0.05) is 5.41 Å². The molecular formula is C22H38O3. The van der Waals surface area contributed by atoms with Crippen LogP contribution < -0.4 is 0 Å². The van der Waals surface area contributed by atoms with Gasteiger partial charge in [0.15, 0.2) is 0 Å². The molecular weight excluding hydrogens is 312 g/mol. The number of rotatable bonds is 1. The van der Waals surface area contributed by atoms with Crippen molar-refractivity contribution < 1.29 is 15.3 Å². The Labute approximate surface area is 153 Å². The summed E-state index contributed by atoms with van der Waals surface area (Å²) in [5.41, 5.74) is -0.464. The molecule has 144 valence electrons. The third-order valence-electron chi connectivity index (χ3n) is 10.3. The second kappa shape index (κ2) is 5.45. The van der Waals surface area contributed by atoms with Crippen molar-refractivity contribution in [2.75, 3.05) is 0 Å². The zero-order valence-electron chi connectivity index (χ0n) is 16.6. The lowest BCUT2D eigenvalue weighted by atomic mass is 9.40. The van der Waals surface area contributed by atoms with Crippen LogP contribution in [-0.4, -0.2) is 33.1 Å². The Kier molecular flexibility index (Phi) is 3.98. The van der Waals surface area contributed by atoms with Crippen LogP contribution in [0.15, 0.2) is 0 Å². The van der Waals surface area contributed by atoms with Crippen molar-refractivity contribution in [1.82, 2.24) is 0 Å². The highest BCUT2D eigenvalue weighted by atomic mass is 16.3. The van der Waals surface area contributed by atoms with Gasteiger partial charge in [0.1, 0.15) is 0 Å². The van der Waals surface area contributed by atoms with Crippen molar-refractivity contribution in [2.24, 2.45) is 34.0 Å². The molecule has 0 saturated heterocycles. The molecule has 4 aliphatic carbocycles. The first kappa shape index (κ1) is 18.3. The Hall–Kier alpha value is -0.120. The van der Waals surface area contributed by atoms with Gasteiger partial charge in [0.25, 0.3) is 0 Å². The molecule has 25 heavy (non-hydrogen) atoms. The summed E-state index contributed by atoms with van der Waals surface area (Å²) in [6.45, 7) is 8.98. The van der Waals surface area contributed by atoms with Crippen molar-refractivity contribution in [3.05, 3.63) is 0 Å². The van der Waals surface area contributed by atoms with E-state index in [1.54, 1.807) is 6.92 Å². The maximum absolute atomic E-state index is 11.3. The van der Waals surface area contributed by atoms with Gasteiger partial charge in [-0.2, -0.15) is 0 Å². The van der Waals surface area contributed by atoms with Gasteiger partial charge in [-0.25, -0.2) is 0 Å². The lowest BCUT2D eigenvalue weighted by molar-refractivity contribution is -0.203. The molecule has 0 unspecified atom stereocenters. The fourth-order valence-corrected chi connectivity index (χ4v) is 8.35. The van der Waals surface area contributed by atoms with Crippen LogP contribution in [0.1, 0.15) is 85.5 Å². The molecule has 0 aromatic rings. The normalized spacial score (nSPS) is 59.6. The van der Waals surface area contributed by atoms with Gasteiger partial charge in [-0.05, 0) is 93.3 Å². The van der Waals surface area contributed by atoms with Gasteiger partial charge in [-0.3, -0.25) is 0 Å². The number of hydrogen-bond donors (Lipinski definition) is 3. The SMILES string of the molecule is C[C@@H](O)[C@@]1(O)CC[C@H]2[C@@H]3CC[C@@]4(C)C[C@H](O)CC[C@]4(C)[C@H]3CC[C@@]21C. The molecule has 0 radical (unpaired) electrons. The largest absolute Gasteiger partial charge is 0.393 e. The maximum atomic E-state index is 11.3. The Morgan fingerprint density at radius 1 is 0.840 bits per heavy atom. The van der Waals surface area contributed by atoms with Gasteiger partial charge < -0.3 is 15.3 Å². The Morgan fingerprint density at radius 2 is 1.44 bits per heavy atom. The van der Waals surface area contributed by atoms with Crippen LogP contribution in [0.25, 0.3) is 0 Å². The molecule has 4 rings (SSSR count). The molecule has 3 heteroatoms. The van der Waals surface area contributed by atoms with Crippen molar-refractivity contribution in [2.45, 2.75) is 103 Å². The first-order valence-corrected chi connectivity index (χ1v) is 10.7. The molecule has 4 saturated carbocycles. The first-order chi connectivity index (χ1) is 11.6. The Balaban J connectivity index is 1.67. The summed E-state index contributed by atoms with van der Waals surface area (Å²) in [4.78, 5) is 0. The highest BCUT2D eigenvalue weighted by Gasteiger charge is 2.67. The molecule has 0 aromatic heterocycles. The lowest BCUT2D eigenvalue weighted by Crippen LogP contribution is -2.61. The average molecular weight is 351 g/mol. The standard InChI is InChI=1S/C22H38O3/c1-14(23)22(25)12-8-18-16-6-9-19(2)13-15(24)5-10-20(19,3)17(16)7-11-21(18,22)4/h14-18,23-25H,5-13H2,1-4H3/t14-,15-,16-,17+,18+,19+,20-,21+,22+/m1/s1. The van der Waals surface area contributed by atoms with Crippen LogP contribution in [0, 0.1) is 34.0 Å². The van der Waals surface area contributed by atoms with Crippen LogP contribution in [0.4, 0.5) is 0 Å². The minimum Gasteiger partial charge on any atom is -0.393 e. The molecule has 3 nitrogen and oxygen atoms in total. The molecule has 4 aliphatic rings. The third kappa shape index (κ3) is 2.15. The number of hydrogen-bond acceptors (Lipinski definition) is 3. The van der Waals surface area contributed by atoms with E-state index < -0.39 is 11.7 Å². The Bertz CT molecular complexity index is 547. The summed E-state index contributed by atoms with van der Waals surface area (Å²) in [6, 6.07) is 0. The predicted octanol–water partition coefficient (Wildman–Crippen LogP) is 3.89. The second-order valence-corrected chi connectivity index (χ2v) is 10.9. The number of aliphatic hydroxyl groups is 3. The second-order valence-electron chi connectivity index (χ2n) is 10.9. The van der Waals surface area contributed by atoms with Gasteiger partial charge in [-0.15, -0.1) is 0 Å². The highest BCUT2D eigenvalue weighted by molar-refractivity contribution is 5.16. The van der Waals surface area contributed by atoms with E-state index in [4.69, 9.17) is 0 Å². The molecule has 0 aromatic carbocycles. The van der Waals surface area contributed by atoms with E-state index in [1.165, 1.54) is 19.3 Å². The summed E-state index contributed by atoms with van der Waals surface area (Å²) in [5.74, 6) is 1.94. The fourth-order valence-electron chi connectivity index (χ4n) is 8.35. The quantitative estimate of drug-likeness (QED) is 0.672. The topological polar surface area (TPSA) is 60.7 Å². The smallest absolute Gasteiger partial charge is 0.0958 e. The Morgan fingerprint density at radius 3 is 2.12 bits per heavy atom.